The molecule has 2 fully saturated rings. The molecule has 0 unspecified atom stereocenters. The van der Waals surface area contributed by atoms with Gasteiger partial charge in [0.25, 0.3) is 0 Å². The fourth-order valence-corrected chi connectivity index (χ4v) is 3.68. The van der Waals surface area contributed by atoms with Crippen molar-refractivity contribution in [2.24, 2.45) is 22.4 Å². The number of nitrogens with one attached hydrogen (secondary N) is 1. The second kappa shape index (κ2) is 4.93. The quantitative estimate of drug-likeness (QED) is 0.656. The Balaban J connectivity index is 1.60. The molecular weight excluding hydrogens is 252 g/mol. The highest BCUT2D eigenvalue weighted by Gasteiger charge is 2.64. The Morgan fingerprint density at radius 1 is 1.45 bits per heavy atom. The van der Waals surface area contributed by atoms with Crippen LogP contribution in [0.1, 0.15) is 38.2 Å². The zero-order valence-corrected chi connectivity index (χ0v) is 11.7. The first-order valence-corrected chi connectivity index (χ1v) is 7.24. The number of hydrazone groups is 1. The SMILES string of the molecule is C[C@@]12CCCC[C@@H]1[C@@H]2C(=O)N/N=C\c1ccccc1O. The number of nitrogens with zero attached hydrogens (tertiary/aromatic N) is 1. The molecule has 1 aromatic rings. The van der Waals surface area contributed by atoms with E-state index in [1.165, 1.54) is 19.1 Å². The van der Waals surface area contributed by atoms with E-state index in [1.807, 2.05) is 6.07 Å². The molecule has 2 aliphatic carbocycles. The van der Waals surface area contributed by atoms with E-state index < -0.39 is 0 Å². The third kappa shape index (κ3) is 2.19. The molecule has 2 aliphatic rings. The molecule has 1 aromatic carbocycles. The highest BCUT2D eigenvalue weighted by atomic mass is 16.3. The number of carbonyl (C=O) groups excluding carboxylic acids is 1. The summed E-state index contributed by atoms with van der Waals surface area (Å²) >= 11 is 0. The topological polar surface area (TPSA) is 61.7 Å². The lowest BCUT2D eigenvalue weighted by Gasteiger charge is -2.15. The molecule has 0 spiro atoms. The first-order chi connectivity index (χ1) is 9.63. The molecule has 0 aliphatic heterocycles. The molecule has 4 heteroatoms. The van der Waals surface area contributed by atoms with Crippen LogP contribution in [-0.4, -0.2) is 17.2 Å². The van der Waals surface area contributed by atoms with Gasteiger partial charge in [0.1, 0.15) is 5.75 Å². The Morgan fingerprint density at radius 3 is 2.95 bits per heavy atom. The number of para-hydroxylation sites is 1. The summed E-state index contributed by atoms with van der Waals surface area (Å²) in [6.45, 7) is 2.22. The molecule has 2 saturated carbocycles. The van der Waals surface area contributed by atoms with Crippen LogP contribution in [0.25, 0.3) is 0 Å². The molecule has 3 atom stereocenters. The van der Waals surface area contributed by atoms with Crippen molar-refractivity contribution in [3.05, 3.63) is 29.8 Å². The summed E-state index contributed by atoms with van der Waals surface area (Å²) < 4.78 is 0. The van der Waals surface area contributed by atoms with Crippen molar-refractivity contribution in [2.75, 3.05) is 0 Å². The Bertz CT molecular complexity index is 555. The van der Waals surface area contributed by atoms with Crippen molar-refractivity contribution in [1.29, 1.82) is 0 Å². The Kier molecular flexibility index (Phi) is 3.24. The lowest BCUT2D eigenvalue weighted by Crippen LogP contribution is -2.22. The number of benzene rings is 1. The van der Waals surface area contributed by atoms with Crippen LogP contribution in [0.3, 0.4) is 0 Å². The van der Waals surface area contributed by atoms with Crippen LogP contribution in [0.2, 0.25) is 0 Å². The van der Waals surface area contributed by atoms with Crippen LogP contribution in [0.15, 0.2) is 29.4 Å². The molecule has 0 aromatic heterocycles. The lowest BCUT2D eigenvalue weighted by atomic mass is 9.90. The highest BCUT2D eigenvalue weighted by molar-refractivity contribution is 5.87. The molecule has 0 heterocycles. The molecule has 2 N–H and O–H groups in total. The molecular formula is C16H20N2O2. The minimum absolute atomic E-state index is 0.0195. The van der Waals surface area contributed by atoms with E-state index in [-0.39, 0.29) is 23.0 Å². The number of carbonyl (C=O) groups is 1. The average molecular weight is 272 g/mol. The fourth-order valence-electron chi connectivity index (χ4n) is 3.68. The summed E-state index contributed by atoms with van der Waals surface area (Å²) in [7, 11) is 0. The maximum absolute atomic E-state index is 12.2. The molecule has 0 radical (unpaired) electrons. The third-order valence-electron chi connectivity index (χ3n) is 4.93. The van der Waals surface area contributed by atoms with Crippen LogP contribution in [0.5, 0.6) is 5.75 Å². The standard InChI is InChI=1S/C16H20N2O2/c1-16-9-5-4-7-12(16)14(16)15(20)18-17-10-11-6-2-3-8-13(11)19/h2-3,6,8,10,12,14,19H,4-5,7,9H2,1H3,(H,18,20)/b17-10-/t12-,14-,16-/m1/s1. The lowest BCUT2D eigenvalue weighted by molar-refractivity contribution is -0.123. The van der Waals surface area contributed by atoms with Gasteiger partial charge in [-0.15, -0.1) is 0 Å². The number of phenolic OH excluding ortho intramolecular Hbond substituents is 1. The summed E-state index contributed by atoms with van der Waals surface area (Å²) in [5.41, 5.74) is 3.43. The fraction of sp³-hybridized carbons (Fsp3) is 0.500. The summed E-state index contributed by atoms with van der Waals surface area (Å²) in [4.78, 5) is 12.2. The number of phenols is 1. The Hall–Kier alpha value is -1.84. The summed E-state index contributed by atoms with van der Waals surface area (Å²) in [6.07, 6.45) is 6.28. The smallest absolute Gasteiger partial charge is 0.244 e. The van der Waals surface area contributed by atoms with Gasteiger partial charge in [-0.2, -0.15) is 5.10 Å². The second-order valence-corrected chi connectivity index (χ2v) is 6.13. The number of fused-ring (bicyclic) bond motifs is 1. The van der Waals surface area contributed by atoms with Crippen LogP contribution < -0.4 is 5.43 Å². The minimum Gasteiger partial charge on any atom is -0.507 e. The number of aromatic hydroxyl groups is 1. The normalized spacial score (nSPS) is 31.9. The maximum Gasteiger partial charge on any atom is 0.244 e. The van der Waals surface area contributed by atoms with Crippen molar-refractivity contribution in [3.63, 3.8) is 0 Å². The van der Waals surface area contributed by atoms with Gasteiger partial charge in [-0.3, -0.25) is 4.79 Å². The van der Waals surface area contributed by atoms with E-state index in [2.05, 4.69) is 17.5 Å². The van der Waals surface area contributed by atoms with Gasteiger partial charge < -0.3 is 5.11 Å². The zero-order valence-electron chi connectivity index (χ0n) is 11.7. The van der Waals surface area contributed by atoms with Gasteiger partial charge >= 0.3 is 0 Å². The molecule has 0 saturated heterocycles. The van der Waals surface area contributed by atoms with Crippen molar-refractivity contribution < 1.29 is 9.90 Å². The number of rotatable bonds is 3. The number of hydrogen-bond donors (Lipinski definition) is 2. The van der Waals surface area contributed by atoms with Gasteiger partial charge in [0.15, 0.2) is 0 Å². The zero-order chi connectivity index (χ0) is 14.2. The first kappa shape index (κ1) is 13.2. The van der Waals surface area contributed by atoms with E-state index in [0.717, 1.165) is 12.8 Å². The van der Waals surface area contributed by atoms with Gasteiger partial charge in [0.2, 0.25) is 5.91 Å². The monoisotopic (exact) mass is 272 g/mol. The Labute approximate surface area is 118 Å². The molecule has 1 amide bonds. The van der Waals surface area contributed by atoms with Gasteiger partial charge in [0, 0.05) is 11.5 Å². The van der Waals surface area contributed by atoms with E-state index >= 15 is 0 Å². The maximum atomic E-state index is 12.2. The molecule has 20 heavy (non-hydrogen) atoms. The number of hydrogen-bond acceptors (Lipinski definition) is 3. The minimum atomic E-state index is 0.0195. The molecule has 4 nitrogen and oxygen atoms in total. The molecule has 3 rings (SSSR count). The van der Waals surface area contributed by atoms with Crippen LogP contribution in [0.4, 0.5) is 0 Å². The second-order valence-electron chi connectivity index (χ2n) is 6.13. The molecule has 0 bridgehead atoms. The van der Waals surface area contributed by atoms with Crippen LogP contribution in [0, 0.1) is 17.3 Å². The van der Waals surface area contributed by atoms with Crippen molar-refractivity contribution in [1.82, 2.24) is 5.43 Å². The van der Waals surface area contributed by atoms with Gasteiger partial charge in [-0.05, 0) is 36.3 Å². The van der Waals surface area contributed by atoms with E-state index in [0.29, 0.717) is 11.5 Å². The summed E-state index contributed by atoms with van der Waals surface area (Å²) in [5.74, 6) is 0.840. The van der Waals surface area contributed by atoms with Gasteiger partial charge in [0.05, 0.1) is 6.21 Å². The van der Waals surface area contributed by atoms with Crippen molar-refractivity contribution in [3.8, 4) is 5.75 Å². The molecule has 106 valence electrons. The largest absolute Gasteiger partial charge is 0.507 e. The van der Waals surface area contributed by atoms with Crippen LogP contribution in [-0.2, 0) is 4.79 Å². The van der Waals surface area contributed by atoms with E-state index in [4.69, 9.17) is 0 Å². The van der Waals surface area contributed by atoms with Crippen molar-refractivity contribution in [2.45, 2.75) is 32.6 Å². The third-order valence-corrected chi connectivity index (χ3v) is 4.93. The average Bonchev–Trinajstić information content (AvgIpc) is 3.06. The summed E-state index contributed by atoms with van der Waals surface area (Å²) in [5, 5.41) is 13.6. The summed E-state index contributed by atoms with van der Waals surface area (Å²) in [6, 6.07) is 6.92. The van der Waals surface area contributed by atoms with Crippen LogP contribution >= 0.6 is 0 Å². The van der Waals surface area contributed by atoms with E-state index in [9.17, 15) is 9.90 Å². The predicted molar refractivity (Wildman–Crippen MR) is 77.4 cm³/mol. The predicted octanol–water partition coefficient (Wildman–Crippen LogP) is 2.67. The van der Waals surface area contributed by atoms with Crippen molar-refractivity contribution >= 4 is 12.1 Å². The Morgan fingerprint density at radius 2 is 2.25 bits per heavy atom. The highest BCUT2D eigenvalue weighted by Crippen LogP contribution is 2.66. The first-order valence-electron chi connectivity index (χ1n) is 7.24. The number of amides is 1. The van der Waals surface area contributed by atoms with Gasteiger partial charge in [-0.1, -0.05) is 31.9 Å². The van der Waals surface area contributed by atoms with Gasteiger partial charge in [-0.25, -0.2) is 5.43 Å². The van der Waals surface area contributed by atoms with E-state index in [1.54, 1.807) is 18.2 Å².